The van der Waals surface area contributed by atoms with E-state index in [4.69, 9.17) is 9.47 Å². The lowest BCUT2D eigenvalue weighted by Crippen LogP contribution is -2.13. The molecular formula is C24H29N5O5. The second-order valence-electron chi connectivity index (χ2n) is 7.72. The van der Waals surface area contributed by atoms with Crippen LogP contribution in [0.15, 0.2) is 36.4 Å². The van der Waals surface area contributed by atoms with Crippen molar-refractivity contribution in [1.82, 2.24) is 20.6 Å². The largest absolute Gasteiger partial charge is 0.507 e. The Morgan fingerprint density at radius 3 is 2.41 bits per heavy atom. The van der Waals surface area contributed by atoms with E-state index in [2.05, 4.69) is 25.9 Å². The van der Waals surface area contributed by atoms with Crippen LogP contribution in [0, 0.1) is 0 Å². The van der Waals surface area contributed by atoms with Crippen LogP contribution in [0.4, 0.5) is 5.69 Å². The van der Waals surface area contributed by atoms with E-state index in [0.717, 1.165) is 25.7 Å². The number of carbonyl (C=O) groups is 2. The quantitative estimate of drug-likeness (QED) is 0.254. The number of unbranched alkanes of at least 4 members (excludes halogenated alkanes) is 2. The lowest BCUT2D eigenvalue weighted by atomic mass is 10.0. The molecule has 1 heterocycles. The predicted octanol–water partition coefficient (Wildman–Crippen LogP) is 3.94. The number of hydrogen-bond acceptors (Lipinski definition) is 8. The molecule has 0 saturated carbocycles. The van der Waals surface area contributed by atoms with Crippen LogP contribution in [-0.4, -0.2) is 50.6 Å². The van der Waals surface area contributed by atoms with Crippen molar-refractivity contribution in [2.24, 2.45) is 0 Å². The molecule has 1 aromatic heterocycles. The molecular weight excluding hydrogens is 438 g/mol. The van der Waals surface area contributed by atoms with Gasteiger partial charge in [0.1, 0.15) is 17.2 Å². The van der Waals surface area contributed by atoms with Crippen molar-refractivity contribution < 1.29 is 24.2 Å². The number of phenols is 1. The Balaban J connectivity index is 1.36. The number of aromatic hydroxyl groups is 1. The van der Waals surface area contributed by atoms with Crippen LogP contribution in [0.5, 0.6) is 17.2 Å². The van der Waals surface area contributed by atoms with E-state index < -0.39 is 5.91 Å². The molecule has 3 N–H and O–H groups in total. The summed E-state index contributed by atoms with van der Waals surface area (Å²) < 4.78 is 11.6. The van der Waals surface area contributed by atoms with E-state index in [1.165, 1.54) is 6.92 Å². The Labute approximate surface area is 197 Å². The molecule has 10 heteroatoms. The smallest absolute Gasteiger partial charge is 0.297 e. The van der Waals surface area contributed by atoms with Crippen LogP contribution in [0.3, 0.4) is 0 Å². The highest BCUT2D eigenvalue weighted by Gasteiger charge is 2.16. The Bertz CT molecular complexity index is 1080. The van der Waals surface area contributed by atoms with Gasteiger partial charge in [-0.3, -0.25) is 9.59 Å². The van der Waals surface area contributed by atoms with E-state index in [0.29, 0.717) is 47.9 Å². The number of H-pyrrole nitrogens is 1. The Morgan fingerprint density at radius 1 is 1.03 bits per heavy atom. The van der Waals surface area contributed by atoms with Gasteiger partial charge in [0.15, 0.2) is 5.78 Å². The molecule has 180 valence electrons. The molecule has 0 atom stereocenters. The van der Waals surface area contributed by atoms with Crippen molar-refractivity contribution in [1.29, 1.82) is 0 Å². The molecule has 0 spiro atoms. The van der Waals surface area contributed by atoms with Gasteiger partial charge in [0, 0.05) is 11.3 Å². The predicted molar refractivity (Wildman–Crippen MR) is 126 cm³/mol. The Morgan fingerprint density at radius 2 is 1.76 bits per heavy atom. The van der Waals surface area contributed by atoms with E-state index in [1.54, 1.807) is 36.4 Å². The second kappa shape index (κ2) is 12.3. The van der Waals surface area contributed by atoms with Crippen LogP contribution in [0.2, 0.25) is 0 Å². The maximum atomic E-state index is 11.9. The minimum absolute atomic E-state index is 0.0284. The minimum atomic E-state index is -0.448. The fourth-order valence-corrected chi connectivity index (χ4v) is 3.36. The number of ether oxygens (including phenoxy) is 2. The molecule has 34 heavy (non-hydrogen) atoms. The number of carbonyl (C=O) groups excluding carboxylic acids is 2. The van der Waals surface area contributed by atoms with Gasteiger partial charge in [0.2, 0.25) is 0 Å². The monoisotopic (exact) mass is 467 g/mol. The van der Waals surface area contributed by atoms with Gasteiger partial charge in [-0.25, -0.2) is 0 Å². The molecule has 0 aliphatic heterocycles. The summed E-state index contributed by atoms with van der Waals surface area (Å²) in [6.45, 7) is 4.54. The lowest BCUT2D eigenvalue weighted by Gasteiger charge is -2.14. The number of nitrogens with one attached hydrogen (secondary N) is 2. The molecule has 0 bridgehead atoms. The van der Waals surface area contributed by atoms with Gasteiger partial charge in [-0.05, 0) is 74.2 Å². The molecule has 3 aromatic rings. The van der Waals surface area contributed by atoms with Gasteiger partial charge < -0.3 is 19.9 Å². The van der Waals surface area contributed by atoms with Gasteiger partial charge in [-0.2, -0.15) is 5.21 Å². The second-order valence-corrected chi connectivity index (χ2v) is 7.72. The van der Waals surface area contributed by atoms with Gasteiger partial charge in [-0.15, -0.1) is 10.2 Å². The molecule has 2 aromatic carbocycles. The average molecular weight is 468 g/mol. The normalized spacial score (nSPS) is 10.6. The maximum Gasteiger partial charge on any atom is 0.297 e. The highest BCUT2D eigenvalue weighted by Crippen LogP contribution is 2.33. The van der Waals surface area contributed by atoms with E-state index in [-0.39, 0.29) is 17.4 Å². The summed E-state index contributed by atoms with van der Waals surface area (Å²) in [7, 11) is 0. The molecule has 1 amide bonds. The van der Waals surface area contributed by atoms with Crippen molar-refractivity contribution in [2.75, 3.05) is 18.5 Å². The number of Topliss-reactive ketones (excluding diaryl/α,β-unsaturated/α-hetero) is 1. The average Bonchev–Trinajstić information content (AvgIpc) is 3.36. The first-order chi connectivity index (χ1) is 16.5. The number of tetrazole rings is 1. The number of nitrogens with zero attached hydrogens (tertiary/aromatic N) is 3. The van der Waals surface area contributed by atoms with Crippen molar-refractivity contribution in [3.8, 4) is 17.2 Å². The summed E-state index contributed by atoms with van der Waals surface area (Å²) >= 11 is 0. The fraction of sp³-hybridized carbons (Fsp3) is 0.375. The number of rotatable bonds is 13. The fourth-order valence-electron chi connectivity index (χ4n) is 3.36. The maximum absolute atomic E-state index is 11.9. The van der Waals surface area contributed by atoms with E-state index in [9.17, 15) is 14.7 Å². The third-order valence-corrected chi connectivity index (χ3v) is 5.09. The van der Waals surface area contributed by atoms with Crippen molar-refractivity contribution >= 4 is 17.4 Å². The van der Waals surface area contributed by atoms with E-state index in [1.807, 2.05) is 6.92 Å². The summed E-state index contributed by atoms with van der Waals surface area (Å²) in [4.78, 5) is 23.6. The third kappa shape index (κ3) is 6.77. The standard InChI is InChI=1S/C24H29N5O5/c1-3-7-20-21(13-12-19(16(2)30)22(20)31)34-15-6-4-5-14-33-18-10-8-17(9-11-18)25-24(32)23-26-28-29-27-23/h8-13,31H,3-7,14-15H2,1-2H3,(H,25,32)(H,26,27,28,29). The third-order valence-electron chi connectivity index (χ3n) is 5.09. The molecule has 3 rings (SSSR count). The number of ketones is 1. The van der Waals surface area contributed by atoms with Crippen molar-refractivity contribution in [3.05, 3.63) is 53.3 Å². The summed E-state index contributed by atoms with van der Waals surface area (Å²) in [6, 6.07) is 10.4. The number of amides is 1. The number of aromatic nitrogens is 4. The zero-order chi connectivity index (χ0) is 24.3. The van der Waals surface area contributed by atoms with Gasteiger partial charge in [0.25, 0.3) is 11.7 Å². The molecule has 0 fully saturated rings. The first-order valence-corrected chi connectivity index (χ1v) is 11.3. The molecule has 0 radical (unpaired) electrons. The molecule has 0 aliphatic carbocycles. The first-order valence-electron chi connectivity index (χ1n) is 11.3. The van der Waals surface area contributed by atoms with Crippen molar-refractivity contribution in [2.45, 2.75) is 46.0 Å². The number of benzene rings is 2. The summed E-state index contributed by atoms with van der Waals surface area (Å²) in [5.74, 6) is 0.726. The number of phenolic OH excluding ortho intramolecular Hbond substituents is 1. The zero-order valence-electron chi connectivity index (χ0n) is 19.3. The molecule has 0 aliphatic rings. The molecule has 0 unspecified atom stereocenters. The lowest BCUT2D eigenvalue weighted by molar-refractivity contribution is 0.100. The van der Waals surface area contributed by atoms with Crippen LogP contribution >= 0.6 is 0 Å². The van der Waals surface area contributed by atoms with Crippen LogP contribution in [0.25, 0.3) is 0 Å². The highest BCUT2D eigenvalue weighted by atomic mass is 16.5. The summed E-state index contributed by atoms with van der Waals surface area (Å²) in [5, 5.41) is 25.9. The van der Waals surface area contributed by atoms with E-state index >= 15 is 0 Å². The Kier molecular flexibility index (Phi) is 8.96. The Hall–Kier alpha value is -3.95. The molecule has 0 saturated heterocycles. The number of aromatic amines is 1. The zero-order valence-corrected chi connectivity index (χ0v) is 19.3. The summed E-state index contributed by atoms with van der Waals surface area (Å²) in [5.41, 5.74) is 1.62. The van der Waals surface area contributed by atoms with Crippen molar-refractivity contribution in [3.63, 3.8) is 0 Å². The van der Waals surface area contributed by atoms with Crippen LogP contribution in [0.1, 0.15) is 66.1 Å². The van der Waals surface area contributed by atoms with Gasteiger partial charge in [0.05, 0.1) is 18.8 Å². The van der Waals surface area contributed by atoms with Crippen LogP contribution < -0.4 is 14.8 Å². The number of hydrogen-bond donors (Lipinski definition) is 3. The van der Waals surface area contributed by atoms with Gasteiger partial charge >= 0.3 is 0 Å². The topological polar surface area (TPSA) is 139 Å². The summed E-state index contributed by atoms with van der Waals surface area (Å²) in [6.07, 6.45) is 4.10. The highest BCUT2D eigenvalue weighted by molar-refractivity contribution is 6.01. The minimum Gasteiger partial charge on any atom is -0.507 e. The van der Waals surface area contributed by atoms with Crippen LogP contribution in [-0.2, 0) is 6.42 Å². The first kappa shape index (κ1) is 24.7. The van der Waals surface area contributed by atoms with Gasteiger partial charge in [-0.1, -0.05) is 13.3 Å². The molecule has 10 nitrogen and oxygen atoms in total. The number of anilines is 1. The SMILES string of the molecule is CCCc1c(OCCCCCOc2ccc(NC(=O)c3nn[nH]n3)cc2)ccc(C(C)=O)c1O.